The average Bonchev–Trinajstić information content (AvgIpc) is 2.28. The highest BCUT2D eigenvalue weighted by Crippen LogP contribution is 2.01. The Labute approximate surface area is 60.1 Å². The first-order chi connectivity index (χ1) is 4.97. The summed E-state index contributed by atoms with van der Waals surface area (Å²) in [6.07, 6.45) is 5.12. The summed E-state index contributed by atoms with van der Waals surface area (Å²) < 4.78 is 2.21. The van der Waals surface area contributed by atoms with Gasteiger partial charge in [0.2, 0.25) is 0 Å². The lowest BCUT2D eigenvalue weighted by atomic mass is 10.4. The molecule has 0 aliphatic carbocycles. The first-order valence-electron chi connectivity index (χ1n) is 3.67. The van der Waals surface area contributed by atoms with Gasteiger partial charge >= 0.3 is 0 Å². The minimum atomic E-state index is 0.924. The van der Waals surface area contributed by atoms with Gasteiger partial charge in [0.25, 0.3) is 0 Å². The molecule has 0 fully saturated rings. The van der Waals surface area contributed by atoms with Gasteiger partial charge in [-0.3, -0.25) is 0 Å². The maximum absolute atomic E-state index is 4.22. The average molecular weight is 137 g/mol. The van der Waals surface area contributed by atoms with Crippen LogP contribution >= 0.6 is 0 Å². The third kappa shape index (κ3) is 0.926. The predicted octanol–water partition coefficient (Wildman–Crippen LogP) is 0.376. The second-order valence-electron chi connectivity index (χ2n) is 2.57. The Hall–Kier alpha value is -0.830. The second-order valence-corrected chi connectivity index (χ2v) is 2.57. The van der Waals surface area contributed by atoms with E-state index in [9.17, 15) is 0 Å². The van der Waals surface area contributed by atoms with Gasteiger partial charge in [-0.05, 0) is 13.0 Å². The van der Waals surface area contributed by atoms with Crippen molar-refractivity contribution in [3.63, 3.8) is 0 Å². The summed E-state index contributed by atoms with van der Waals surface area (Å²) in [6.45, 7) is 3.15. The van der Waals surface area contributed by atoms with Crippen molar-refractivity contribution >= 4 is 0 Å². The third-order valence-corrected chi connectivity index (χ3v) is 1.84. The van der Waals surface area contributed by atoms with Crippen molar-refractivity contribution in [1.29, 1.82) is 0 Å². The molecule has 1 aromatic rings. The lowest BCUT2D eigenvalue weighted by molar-refractivity contribution is 0.644. The molecule has 0 unspecified atom stereocenters. The van der Waals surface area contributed by atoms with Crippen molar-refractivity contribution < 1.29 is 0 Å². The number of rotatable bonds is 0. The van der Waals surface area contributed by atoms with Crippen molar-refractivity contribution in [2.75, 3.05) is 6.54 Å². The highest BCUT2D eigenvalue weighted by atomic mass is 15.1. The van der Waals surface area contributed by atoms with Gasteiger partial charge in [0.05, 0.1) is 6.54 Å². The minimum Gasteiger partial charge on any atom is -0.334 e. The van der Waals surface area contributed by atoms with Gasteiger partial charge in [-0.15, -0.1) is 0 Å². The molecule has 1 N–H and O–H groups in total. The van der Waals surface area contributed by atoms with Crippen LogP contribution in [-0.4, -0.2) is 16.1 Å². The van der Waals surface area contributed by atoms with Gasteiger partial charge in [-0.1, -0.05) is 0 Å². The van der Waals surface area contributed by atoms with E-state index >= 15 is 0 Å². The fourth-order valence-corrected chi connectivity index (χ4v) is 1.29. The Kier molecular flexibility index (Phi) is 1.43. The smallest absolute Gasteiger partial charge is 0.122 e. The molecule has 1 aromatic heterocycles. The molecule has 0 spiro atoms. The third-order valence-electron chi connectivity index (χ3n) is 1.84. The molecule has 2 heterocycles. The first-order valence-corrected chi connectivity index (χ1v) is 3.67. The van der Waals surface area contributed by atoms with Gasteiger partial charge in [-0.2, -0.15) is 0 Å². The number of nitrogens with zero attached hydrogens (tertiary/aromatic N) is 2. The molecule has 0 aromatic carbocycles. The molecule has 54 valence electrons. The van der Waals surface area contributed by atoms with E-state index in [1.165, 1.54) is 6.42 Å². The fourth-order valence-electron chi connectivity index (χ4n) is 1.29. The Morgan fingerprint density at radius 1 is 1.60 bits per heavy atom. The molecule has 3 heteroatoms. The molecular formula is C7H11N3. The zero-order chi connectivity index (χ0) is 6.81. The molecule has 1 aliphatic heterocycles. The van der Waals surface area contributed by atoms with Crippen LogP contribution in [0.15, 0.2) is 12.4 Å². The standard InChI is InChI=1S/C7H11N3/c1-2-8-6-7-9-3-5-10(7)4-1/h3,5,8H,1-2,4,6H2. The van der Waals surface area contributed by atoms with Gasteiger partial charge in [-0.25, -0.2) is 4.98 Å². The summed E-state index contributed by atoms with van der Waals surface area (Å²) >= 11 is 0. The van der Waals surface area contributed by atoms with Crippen LogP contribution < -0.4 is 5.32 Å². The number of aryl methyl sites for hydroxylation is 1. The van der Waals surface area contributed by atoms with Gasteiger partial charge in [0.15, 0.2) is 0 Å². The van der Waals surface area contributed by atoms with E-state index in [-0.39, 0.29) is 0 Å². The molecule has 0 bridgehead atoms. The van der Waals surface area contributed by atoms with Crippen LogP contribution in [0.3, 0.4) is 0 Å². The number of hydrogen-bond acceptors (Lipinski definition) is 2. The van der Waals surface area contributed by atoms with Crippen molar-refractivity contribution in [3.05, 3.63) is 18.2 Å². The van der Waals surface area contributed by atoms with Crippen molar-refractivity contribution in [1.82, 2.24) is 14.9 Å². The number of nitrogens with one attached hydrogen (secondary N) is 1. The van der Waals surface area contributed by atoms with E-state index in [0.717, 1.165) is 25.5 Å². The lowest BCUT2D eigenvalue weighted by Gasteiger charge is -1.98. The Morgan fingerprint density at radius 2 is 2.60 bits per heavy atom. The number of fused-ring (bicyclic) bond motifs is 1. The molecule has 3 nitrogen and oxygen atoms in total. The topological polar surface area (TPSA) is 29.9 Å². The van der Waals surface area contributed by atoms with Crippen LogP contribution in [0.1, 0.15) is 12.2 Å². The highest BCUT2D eigenvalue weighted by molar-refractivity contribution is 4.93. The predicted molar refractivity (Wildman–Crippen MR) is 38.6 cm³/mol. The maximum atomic E-state index is 4.22. The lowest BCUT2D eigenvalue weighted by Crippen LogP contribution is -2.12. The molecular weight excluding hydrogens is 126 g/mol. The van der Waals surface area contributed by atoms with Crippen LogP contribution in [-0.2, 0) is 13.1 Å². The normalized spacial score (nSPS) is 18.0. The Morgan fingerprint density at radius 3 is 3.60 bits per heavy atom. The van der Waals surface area contributed by atoms with Crippen LogP contribution in [0.4, 0.5) is 0 Å². The maximum Gasteiger partial charge on any atom is 0.122 e. The first kappa shape index (κ1) is 5.92. The van der Waals surface area contributed by atoms with Crippen LogP contribution in [0, 0.1) is 0 Å². The zero-order valence-electron chi connectivity index (χ0n) is 5.88. The molecule has 0 radical (unpaired) electrons. The van der Waals surface area contributed by atoms with E-state index in [2.05, 4.69) is 14.9 Å². The van der Waals surface area contributed by atoms with Crippen molar-refractivity contribution in [2.45, 2.75) is 19.5 Å². The van der Waals surface area contributed by atoms with E-state index in [0.29, 0.717) is 0 Å². The van der Waals surface area contributed by atoms with Gasteiger partial charge in [0.1, 0.15) is 5.82 Å². The summed E-state index contributed by atoms with van der Waals surface area (Å²) in [7, 11) is 0. The molecule has 0 saturated heterocycles. The quantitative estimate of drug-likeness (QED) is 0.560. The van der Waals surface area contributed by atoms with E-state index in [1.807, 2.05) is 12.4 Å². The summed E-state index contributed by atoms with van der Waals surface area (Å²) in [5.74, 6) is 1.16. The molecule has 10 heavy (non-hydrogen) atoms. The van der Waals surface area contributed by atoms with Crippen LogP contribution in [0.25, 0.3) is 0 Å². The Bertz CT molecular complexity index is 196. The SMILES string of the molecule is c1cn2c(n1)CNCCC2. The fraction of sp³-hybridized carbons (Fsp3) is 0.571. The summed E-state index contributed by atoms with van der Waals surface area (Å²) in [6, 6.07) is 0. The van der Waals surface area contributed by atoms with Gasteiger partial charge in [0, 0.05) is 18.9 Å². The summed E-state index contributed by atoms with van der Waals surface area (Å²) in [5, 5.41) is 3.31. The highest BCUT2D eigenvalue weighted by Gasteiger charge is 2.04. The van der Waals surface area contributed by atoms with E-state index in [4.69, 9.17) is 0 Å². The monoisotopic (exact) mass is 137 g/mol. The summed E-state index contributed by atoms with van der Waals surface area (Å²) in [5.41, 5.74) is 0. The Balaban J connectivity index is 2.28. The molecule has 0 amide bonds. The van der Waals surface area contributed by atoms with Crippen molar-refractivity contribution in [3.8, 4) is 0 Å². The molecule has 0 saturated carbocycles. The largest absolute Gasteiger partial charge is 0.334 e. The van der Waals surface area contributed by atoms with Crippen LogP contribution in [0.5, 0.6) is 0 Å². The zero-order valence-corrected chi connectivity index (χ0v) is 5.88. The number of hydrogen-bond donors (Lipinski definition) is 1. The second kappa shape index (κ2) is 2.42. The molecule has 0 atom stereocenters. The van der Waals surface area contributed by atoms with Crippen LogP contribution in [0.2, 0.25) is 0 Å². The molecule has 2 rings (SSSR count). The molecule has 1 aliphatic rings. The van der Waals surface area contributed by atoms with Crippen molar-refractivity contribution in [2.24, 2.45) is 0 Å². The van der Waals surface area contributed by atoms with E-state index < -0.39 is 0 Å². The summed E-state index contributed by atoms with van der Waals surface area (Å²) in [4.78, 5) is 4.22. The minimum absolute atomic E-state index is 0.924. The number of imidazole rings is 1. The van der Waals surface area contributed by atoms with E-state index in [1.54, 1.807) is 0 Å². The number of aromatic nitrogens is 2. The van der Waals surface area contributed by atoms with Gasteiger partial charge < -0.3 is 9.88 Å².